The Bertz CT molecular complexity index is 1040. The lowest BCUT2D eigenvalue weighted by molar-refractivity contribution is -0.121. The molecular weight excluding hydrogens is 540 g/mol. The van der Waals surface area contributed by atoms with Crippen LogP contribution in [0.15, 0.2) is 18.2 Å². The van der Waals surface area contributed by atoms with E-state index in [9.17, 15) is 24.0 Å². The predicted molar refractivity (Wildman–Crippen MR) is 149 cm³/mol. The number of ketones is 1. The number of amides is 4. The van der Waals surface area contributed by atoms with Gasteiger partial charge >= 0.3 is 6.03 Å². The minimum absolute atomic E-state index is 0.00284. The van der Waals surface area contributed by atoms with E-state index in [1.807, 2.05) is 11.8 Å². The van der Waals surface area contributed by atoms with E-state index >= 15 is 0 Å². The van der Waals surface area contributed by atoms with Crippen molar-refractivity contribution in [2.75, 3.05) is 51.9 Å². The van der Waals surface area contributed by atoms with Crippen LogP contribution in [0.5, 0.6) is 5.75 Å². The molecule has 0 aromatic heterocycles. The van der Waals surface area contributed by atoms with E-state index in [4.69, 9.17) is 14.2 Å². The molecule has 2 aliphatic rings. The summed E-state index contributed by atoms with van der Waals surface area (Å²) < 4.78 is 16.4. The quantitative estimate of drug-likeness (QED) is 0.0619. The Morgan fingerprint density at radius 2 is 1.80 bits per heavy atom. The van der Waals surface area contributed by atoms with Crippen molar-refractivity contribution < 1.29 is 38.2 Å². The van der Waals surface area contributed by atoms with E-state index in [1.165, 1.54) is 18.2 Å². The molecule has 12 nitrogen and oxygen atoms in total. The van der Waals surface area contributed by atoms with Gasteiger partial charge in [0.05, 0.1) is 50.7 Å². The number of hydrogen-bond acceptors (Lipinski definition) is 9. The summed E-state index contributed by atoms with van der Waals surface area (Å²) in [5.41, 5.74) is 0.284. The second-order valence-electron chi connectivity index (χ2n) is 9.32. The number of unbranched alkanes of at least 4 members (excludes halogenated alkanes) is 1. The summed E-state index contributed by atoms with van der Waals surface area (Å²) >= 11 is 1.88. The lowest BCUT2D eigenvalue weighted by Crippen LogP contribution is -2.36. The molecular formula is C27H38N4O8S. The number of carbonyl (C=O) groups excluding carboxylic acids is 5. The van der Waals surface area contributed by atoms with Gasteiger partial charge in [0.25, 0.3) is 5.91 Å². The van der Waals surface area contributed by atoms with Gasteiger partial charge in [-0.2, -0.15) is 11.8 Å². The Morgan fingerprint density at radius 1 is 1.05 bits per heavy atom. The zero-order valence-electron chi connectivity index (χ0n) is 22.7. The summed E-state index contributed by atoms with van der Waals surface area (Å²) in [6.45, 7) is 4.08. The van der Waals surface area contributed by atoms with Crippen LogP contribution in [-0.4, -0.2) is 99.1 Å². The number of hydrogen-bond donors (Lipinski definition) is 4. The van der Waals surface area contributed by atoms with Crippen molar-refractivity contribution in [1.29, 1.82) is 0 Å². The summed E-state index contributed by atoms with van der Waals surface area (Å²) in [5, 5.41) is 11.9. The highest BCUT2D eigenvalue weighted by Crippen LogP contribution is 2.33. The van der Waals surface area contributed by atoms with E-state index in [2.05, 4.69) is 21.3 Å². The predicted octanol–water partition coefficient (Wildman–Crippen LogP) is 1.07. The number of nitrogens with one attached hydrogen (secondary N) is 4. The topological polar surface area (TPSA) is 161 Å². The first-order chi connectivity index (χ1) is 19.4. The molecule has 13 heteroatoms. The van der Waals surface area contributed by atoms with Gasteiger partial charge in [0.2, 0.25) is 11.7 Å². The average Bonchev–Trinajstić information content (AvgIpc) is 3.51. The summed E-state index contributed by atoms with van der Waals surface area (Å²) in [7, 11) is 0. The maximum atomic E-state index is 12.5. The molecule has 3 unspecified atom stereocenters. The summed E-state index contributed by atoms with van der Waals surface area (Å²) in [5.74, 6) is 0.104. The maximum Gasteiger partial charge on any atom is 0.315 e. The van der Waals surface area contributed by atoms with Gasteiger partial charge in [0.1, 0.15) is 5.75 Å². The number of ether oxygens (including phenoxy) is 3. The first kappa shape index (κ1) is 31.4. The van der Waals surface area contributed by atoms with Gasteiger partial charge in [0, 0.05) is 36.1 Å². The molecule has 2 saturated heterocycles. The standard InChI is InChI=1S/C27H38N4O8S/c1-2-39-22-8-7-18(21(33)16-32)15-19(22)26(35)29-10-12-38-14-13-37-11-9-28-24(34)6-4-3-5-23-25-20(17-40-23)30-27(36)31-25/h7-8,15-16,20,23,25H,2-6,9-14,17H2,1H3,(H,28,34)(H,29,35)(H2,30,31,36). The third-order valence-corrected chi connectivity index (χ3v) is 7.98. The Morgan fingerprint density at radius 3 is 2.52 bits per heavy atom. The van der Waals surface area contributed by atoms with Crippen LogP contribution in [0.1, 0.15) is 53.3 Å². The highest BCUT2D eigenvalue weighted by molar-refractivity contribution is 8.00. The highest BCUT2D eigenvalue weighted by atomic mass is 32.2. The molecule has 3 rings (SSSR count). The van der Waals surface area contributed by atoms with E-state index in [1.54, 1.807) is 6.92 Å². The molecule has 220 valence electrons. The SMILES string of the molecule is CCOc1ccc(C(=O)C=O)cc1C(=O)NCCOCCOCCNC(=O)CCCCC1SCC2NC(=O)NC21. The minimum Gasteiger partial charge on any atom is -0.493 e. The zero-order valence-corrected chi connectivity index (χ0v) is 23.5. The first-order valence-corrected chi connectivity index (χ1v) is 14.6. The van der Waals surface area contributed by atoms with Gasteiger partial charge in [-0.15, -0.1) is 0 Å². The number of fused-ring (bicyclic) bond motifs is 1. The van der Waals surface area contributed by atoms with Gasteiger partial charge < -0.3 is 35.5 Å². The Kier molecular flexibility index (Phi) is 13.2. The van der Waals surface area contributed by atoms with Gasteiger partial charge in [-0.25, -0.2) is 4.79 Å². The molecule has 0 bridgehead atoms. The van der Waals surface area contributed by atoms with Gasteiger partial charge in [-0.3, -0.25) is 19.2 Å². The normalized spacial score (nSPS) is 19.3. The molecule has 2 fully saturated rings. The molecule has 4 amide bonds. The van der Waals surface area contributed by atoms with Crippen molar-refractivity contribution in [3.8, 4) is 5.75 Å². The largest absolute Gasteiger partial charge is 0.493 e. The lowest BCUT2D eigenvalue weighted by atomic mass is 10.0. The molecule has 2 heterocycles. The number of benzene rings is 1. The molecule has 2 aliphatic heterocycles. The second-order valence-corrected chi connectivity index (χ2v) is 10.6. The van der Waals surface area contributed by atoms with E-state index in [-0.39, 0.29) is 54.6 Å². The number of Topliss-reactive ketones (excluding diaryl/α,β-unsaturated/α-hetero) is 1. The first-order valence-electron chi connectivity index (χ1n) is 13.6. The van der Waals surface area contributed by atoms with Crippen molar-refractivity contribution in [2.24, 2.45) is 0 Å². The van der Waals surface area contributed by atoms with E-state index in [0.29, 0.717) is 50.4 Å². The Labute approximate surface area is 238 Å². The van der Waals surface area contributed by atoms with Crippen LogP contribution in [0.4, 0.5) is 4.79 Å². The zero-order chi connectivity index (χ0) is 28.7. The molecule has 3 atom stereocenters. The van der Waals surface area contributed by atoms with Gasteiger partial charge in [-0.05, 0) is 38.0 Å². The maximum absolute atomic E-state index is 12.5. The molecule has 40 heavy (non-hydrogen) atoms. The Hall–Kier alpha value is -3.16. The number of rotatable bonds is 19. The molecule has 0 radical (unpaired) electrons. The smallest absolute Gasteiger partial charge is 0.315 e. The monoisotopic (exact) mass is 578 g/mol. The fourth-order valence-electron chi connectivity index (χ4n) is 4.49. The van der Waals surface area contributed by atoms with Crippen LogP contribution in [-0.2, 0) is 19.1 Å². The van der Waals surface area contributed by atoms with Crippen molar-refractivity contribution in [1.82, 2.24) is 21.3 Å². The molecule has 1 aromatic carbocycles. The van der Waals surface area contributed by atoms with Crippen LogP contribution >= 0.6 is 11.8 Å². The number of thioether (sulfide) groups is 1. The third kappa shape index (κ3) is 9.79. The molecule has 4 N–H and O–H groups in total. The summed E-state index contributed by atoms with van der Waals surface area (Å²) in [6, 6.07) is 4.62. The summed E-state index contributed by atoms with van der Waals surface area (Å²) in [6.07, 6.45) is 3.40. The van der Waals surface area contributed by atoms with E-state index < -0.39 is 11.7 Å². The fourth-order valence-corrected chi connectivity index (χ4v) is 6.03. The van der Waals surface area contributed by atoms with Crippen LogP contribution in [0.3, 0.4) is 0 Å². The van der Waals surface area contributed by atoms with Gasteiger partial charge in [0.15, 0.2) is 6.29 Å². The third-order valence-electron chi connectivity index (χ3n) is 6.47. The number of urea groups is 1. The molecule has 0 spiro atoms. The molecule has 0 saturated carbocycles. The fraction of sp³-hybridized carbons (Fsp3) is 0.593. The Balaban J connectivity index is 1.17. The second kappa shape index (κ2) is 16.8. The number of aldehydes is 1. The lowest BCUT2D eigenvalue weighted by Gasteiger charge is -2.16. The van der Waals surface area contributed by atoms with Crippen molar-refractivity contribution >= 4 is 41.7 Å². The summed E-state index contributed by atoms with van der Waals surface area (Å²) in [4.78, 5) is 58.4. The van der Waals surface area contributed by atoms with Crippen LogP contribution in [0.25, 0.3) is 0 Å². The van der Waals surface area contributed by atoms with Crippen LogP contribution < -0.4 is 26.0 Å². The van der Waals surface area contributed by atoms with Crippen molar-refractivity contribution in [3.63, 3.8) is 0 Å². The van der Waals surface area contributed by atoms with Crippen molar-refractivity contribution in [3.05, 3.63) is 29.3 Å². The average molecular weight is 579 g/mol. The minimum atomic E-state index is -0.716. The van der Waals surface area contributed by atoms with E-state index in [0.717, 1.165) is 25.0 Å². The van der Waals surface area contributed by atoms with Crippen LogP contribution in [0.2, 0.25) is 0 Å². The highest BCUT2D eigenvalue weighted by Gasteiger charge is 2.42. The molecule has 1 aromatic rings. The van der Waals surface area contributed by atoms with Crippen molar-refractivity contribution in [2.45, 2.75) is 49.9 Å². The molecule has 0 aliphatic carbocycles. The van der Waals surface area contributed by atoms with Gasteiger partial charge in [-0.1, -0.05) is 6.42 Å². The van der Waals surface area contributed by atoms with Crippen LogP contribution in [0, 0.1) is 0 Å². The number of carbonyl (C=O) groups is 5.